The molecule has 5 rings (SSSR count). The van der Waals surface area contributed by atoms with E-state index in [1.54, 1.807) is 16.7 Å². The molecular formula is C32H31N5O3. The van der Waals surface area contributed by atoms with Crippen LogP contribution in [0.15, 0.2) is 103 Å². The van der Waals surface area contributed by atoms with Crippen molar-refractivity contribution in [2.24, 2.45) is 0 Å². The number of fused-ring (bicyclic) bond motifs is 1. The number of hydrogen-bond donors (Lipinski definition) is 1. The summed E-state index contributed by atoms with van der Waals surface area (Å²) in [6, 6.07) is 31.5. The van der Waals surface area contributed by atoms with Crippen molar-refractivity contribution in [3.63, 3.8) is 0 Å². The number of aromatic nitrogens is 3. The van der Waals surface area contributed by atoms with Crippen molar-refractivity contribution < 1.29 is 14.3 Å². The van der Waals surface area contributed by atoms with Gasteiger partial charge in [0.15, 0.2) is 0 Å². The normalized spacial score (nSPS) is 11.7. The van der Waals surface area contributed by atoms with Crippen LogP contribution in [-0.2, 0) is 29.2 Å². The fraction of sp³-hybridized carbons (Fsp3) is 0.188. The van der Waals surface area contributed by atoms with Gasteiger partial charge in [-0.3, -0.25) is 9.59 Å². The van der Waals surface area contributed by atoms with Crippen LogP contribution in [0, 0.1) is 6.92 Å². The summed E-state index contributed by atoms with van der Waals surface area (Å²) in [5.41, 5.74) is 4.86. The van der Waals surface area contributed by atoms with Crippen LogP contribution in [0.2, 0.25) is 0 Å². The maximum Gasteiger partial charge on any atom is 0.247 e. The van der Waals surface area contributed by atoms with Crippen LogP contribution in [0.1, 0.15) is 28.3 Å². The van der Waals surface area contributed by atoms with Crippen LogP contribution in [0.4, 0.5) is 0 Å². The highest BCUT2D eigenvalue weighted by atomic mass is 16.5. The van der Waals surface area contributed by atoms with Crippen molar-refractivity contribution in [3.05, 3.63) is 125 Å². The second-order valence-corrected chi connectivity index (χ2v) is 9.53. The Morgan fingerprint density at radius 2 is 1.60 bits per heavy atom. The summed E-state index contributed by atoms with van der Waals surface area (Å²) in [5.74, 6) is 0.0919. The first kappa shape index (κ1) is 26.6. The molecule has 0 saturated heterocycles. The molecule has 202 valence electrons. The van der Waals surface area contributed by atoms with Crippen molar-refractivity contribution in [1.29, 1.82) is 0 Å². The lowest BCUT2D eigenvalue weighted by Crippen LogP contribution is -2.44. The van der Waals surface area contributed by atoms with Gasteiger partial charge in [0.25, 0.3) is 0 Å². The highest BCUT2D eigenvalue weighted by Gasteiger charge is 2.33. The summed E-state index contributed by atoms with van der Waals surface area (Å²) in [6.45, 7) is 2.37. The van der Waals surface area contributed by atoms with E-state index in [1.165, 1.54) is 0 Å². The van der Waals surface area contributed by atoms with E-state index in [-0.39, 0.29) is 24.9 Å². The Hall–Kier alpha value is -4.98. The van der Waals surface area contributed by atoms with E-state index < -0.39 is 6.04 Å². The minimum absolute atomic E-state index is 0.0794. The lowest BCUT2D eigenvalue weighted by molar-refractivity contribution is -0.142. The van der Waals surface area contributed by atoms with Crippen LogP contribution >= 0.6 is 0 Å². The zero-order valence-electron chi connectivity index (χ0n) is 22.5. The molecule has 0 aliphatic heterocycles. The average molecular weight is 534 g/mol. The van der Waals surface area contributed by atoms with Gasteiger partial charge in [0.05, 0.1) is 19.2 Å². The number of amides is 2. The monoisotopic (exact) mass is 533 g/mol. The zero-order chi connectivity index (χ0) is 27.9. The van der Waals surface area contributed by atoms with Gasteiger partial charge >= 0.3 is 0 Å². The Morgan fingerprint density at radius 3 is 2.40 bits per heavy atom. The van der Waals surface area contributed by atoms with Gasteiger partial charge in [0, 0.05) is 12.1 Å². The lowest BCUT2D eigenvalue weighted by Gasteiger charge is -2.33. The Morgan fingerprint density at radius 1 is 0.900 bits per heavy atom. The average Bonchev–Trinajstić information content (AvgIpc) is 3.40. The number of ether oxygens (including phenoxy) is 1. The molecule has 0 aliphatic rings. The van der Waals surface area contributed by atoms with Crippen LogP contribution in [0.5, 0.6) is 5.75 Å². The lowest BCUT2D eigenvalue weighted by atomic mass is 9.98. The third kappa shape index (κ3) is 5.86. The first-order valence-corrected chi connectivity index (χ1v) is 13.1. The van der Waals surface area contributed by atoms with Gasteiger partial charge in [0.2, 0.25) is 11.8 Å². The molecule has 1 heterocycles. The fourth-order valence-corrected chi connectivity index (χ4v) is 4.82. The first-order valence-electron chi connectivity index (χ1n) is 13.1. The molecular weight excluding hydrogens is 502 g/mol. The molecule has 0 fully saturated rings. The largest absolute Gasteiger partial charge is 0.496 e. The van der Waals surface area contributed by atoms with Crippen LogP contribution in [0.25, 0.3) is 11.0 Å². The van der Waals surface area contributed by atoms with Gasteiger partial charge in [-0.15, -0.1) is 5.10 Å². The van der Waals surface area contributed by atoms with E-state index in [4.69, 9.17) is 4.74 Å². The molecule has 40 heavy (non-hydrogen) atoms. The number of methoxy groups -OCH3 is 1. The van der Waals surface area contributed by atoms with Crippen molar-refractivity contribution in [1.82, 2.24) is 25.2 Å². The second-order valence-electron chi connectivity index (χ2n) is 9.53. The molecule has 0 radical (unpaired) electrons. The molecule has 0 spiro atoms. The van der Waals surface area contributed by atoms with E-state index >= 15 is 0 Å². The quantitative estimate of drug-likeness (QED) is 0.278. The summed E-state index contributed by atoms with van der Waals surface area (Å²) in [7, 11) is 1.60. The summed E-state index contributed by atoms with van der Waals surface area (Å²) in [5, 5.41) is 11.5. The van der Waals surface area contributed by atoms with Crippen LogP contribution in [0.3, 0.4) is 0 Å². The minimum atomic E-state index is -0.892. The number of rotatable bonds is 10. The van der Waals surface area contributed by atoms with E-state index in [0.717, 1.165) is 27.8 Å². The predicted octanol–water partition coefficient (Wildman–Crippen LogP) is 4.83. The van der Waals surface area contributed by atoms with E-state index in [0.29, 0.717) is 17.8 Å². The molecule has 0 saturated carbocycles. The molecule has 1 aromatic heterocycles. The van der Waals surface area contributed by atoms with E-state index in [9.17, 15) is 9.59 Å². The molecule has 0 bridgehead atoms. The second kappa shape index (κ2) is 12.3. The SMILES string of the molecule is COc1ccccc1CN(C(=O)Cn1nnc2ccccc21)[C@H](C(=O)NCc1ccccc1)c1ccccc1C. The molecule has 1 N–H and O–H groups in total. The van der Waals surface area contributed by atoms with Gasteiger partial charge in [-0.1, -0.05) is 90.1 Å². The topological polar surface area (TPSA) is 89.3 Å². The van der Waals surface area contributed by atoms with Crippen molar-refractivity contribution in [3.8, 4) is 5.75 Å². The summed E-state index contributed by atoms with van der Waals surface area (Å²) >= 11 is 0. The molecule has 0 aliphatic carbocycles. The Labute approximate surface area is 233 Å². The van der Waals surface area contributed by atoms with Gasteiger partial charge < -0.3 is 15.0 Å². The smallest absolute Gasteiger partial charge is 0.247 e. The summed E-state index contributed by atoms with van der Waals surface area (Å²) in [4.78, 5) is 29.8. The number of para-hydroxylation sites is 2. The molecule has 1 atom stereocenters. The van der Waals surface area contributed by atoms with Crippen LogP contribution < -0.4 is 10.1 Å². The molecule has 8 nitrogen and oxygen atoms in total. The van der Waals surface area contributed by atoms with E-state index in [1.807, 2.05) is 110 Å². The maximum atomic E-state index is 14.2. The predicted molar refractivity (Wildman–Crippen MR) is 153 cm³/mol. The van der Waals surface area contributed by atoms with Gasteiger partial charge in [-0.2, -0.15) is 0 Å². The van der Waals surface area contributed by atoms with Crippen molar-refractivity contribution in [2.45, 2.75) is 32.6 Å². The summed E-state index contributed by atoms with van der Waals surface area (Å²) < 4.78 is 7.17. The molecule has 4 aromatic carbocycles. The van der Waals surface area contributed by atoms with Crippen LogP contribution in [-0.4, -0.2) is 38.8 Å². The fourth-order valence-electron chi connectivity index (χ4n) is 4.82. The zero-order valence-corrected chi connectivity index (χ0v) is 22.5. The number of benzene rings is 4. The Balaban J connectivity index is 1.55. The van der Waals surface area contributed by atoms with Crippen molar-refractivity contribution >= 4 is 22.8 Å². The first-order chi connectivity index (χ1) is 19.5. The Bertz CT molecular complexity index is 1620. The number of nitrogens with one attached hydrogen (secondary N) is 1. The number of aryl methyl sites for hydroxylation is 1. The molecule has 8 heteroatoms. The third-order valence-corrected chi connectivity index (χ3v) is 6.91. The third-order valence-electron chi connectivity index (χ3n) is 6.91. The highest BCUT2D eigenvalue weighted by Crippen LogP contribution is 2.29. The molecule has 0 unspecified atom stereocenters. The Kier molecular flexibility index (Phi) is 8.15. The molecule has 2 amide bonds. The minimum Gasteiger partial charge on any atom is -0.496 e. The standard InChI is InChI=1S/C32H31N5O3/c1-23-12-6-8-16-26(23)31(32(39)33-20-24-13-4-3-5-14-24)36(21-25-15-7-11-19-29(25)40-2)30(38)22-37-28-18-10-9-17-27(28)34-35-37/h3-19,31H,20-22H2,1-2H3,(H,33,39)/t31-/m0/s1. The summed E-state index contributed by atoms with van der Waals surface area (Å²) in [6.07, 6.45) is 0. The van der Waals surface area contributed by atoms with E-state index in [2.05, 4.69) is 15.6 Å². The van der Waals surface area contributed by atoms with Gasteiger partial charge in [-0.05, 0) is 41.8 Å². The van der Waals surface area contributed by atoms with Gasteiger partial charge in [0.1, 0.15) is 23.9 Å². The number of carbonyl (C=O) groups is 2. The maximum absolute atomic E-state index is 14.2. The van der Waals surface area contributed by atoms with Gasteiger partial charge in [-0.25, -0.2) is 4.68 Å². The number of nitrogens with zero attached hydrogens (tertiary/aromatic N) is 4. The number of hydrogen-bond acceptors (Lipinski definition) is 5. The molecule has 5 aromatic rings. The highest BCUT2D eigenvalue weighted by molar-refractivity contribution is 5.89. The van der Waals surface area contributed by atoms with Crippen molar-refractivity contribution in [2.75, 3.05) is 7.11 Å². The number of carbonyl (C=O) groups excluding carboxylic acids is 2.